The number of non-ortho nitro benzene ring substituents is 1. The van der Waals surface area contributed by atoms with Crippen LogP contribution in [0.3, 0.4) is 0 Å². The number of hydrogen-bond donors (Lipinski definition) is 1. The van der Waals surface area contributed by atoms with Crippen LogP contribution < -0.4 is 5.73 Å². The van der Waals surface area contributed by atoms with Crippen LogP contribution in [0.1, 0.15) is 0 Å². The number of rotatable bonds is 2. The van der Waals surface area contributed by atoms with Crippen molar-refractivity contribution in [3.63, 3.8) is 0 Å². The number of nitro groups is 1. The number of hydrogen-bond acceptors (Lipinski definition) is 4. The molecule has 0 radical (unpaired) electrons. The molecule has 0 spiro atoms. The molecule has 0 aliphatic heterocycles. The lowest BCUT2D eigenvalue weighted by atomic mass is 10.1. The molecule has 0 fully saturated rings. The molecule has 7 heteroatoms. The number of benzene rings is 1. The first-order chi connectivity index (χ1) is 7.99. The average Bonchev–Trinajstić information content (AvgIpc) is 2.59. The van der Waals surface area contributed by atoms with Crippen LogP contribution in [0.4, 0.5) is 15.9 Å². The van der Waals surface area contributed by atoms with Crippen LogP contribution >= 0.6 is 0 Å². The quantitative estimate of drug-likeness (QED) is 0.635. The Morgan fingerprint density at radius 3 is 2.71 bits per heavy atom. The summed E-state index contributed by atoms with van der Waals surface area (Å²) in [6.07, 6.45) is 0. The number of anilines is 1. The summed E-state index contributed by atoms with van der Waals surface area (Å²) in [5.41, 5.74) is 5.71. The summed E-state index contributed by atoms with van der Waals surface area (Å²) in [5, 5.41) is 14.6. The predicted molar refractivity (Wildman–Crippen MR) is 59.7 cm³/mol. The van der Waals surface area contributed by atoms with Crippen LogP contribution in [0.25, 0.3) is 11.3 Å². The van der Waals surface area contributed by atoms with Gasteiger partial charge in [-0.3, -0.25) is 14.8 Å². The number of halogens is 1. The lowest BCUT2D eigenvalue weighted by molar-refractivity contribution is -0.384. The standard InChI is InChI=1S/C10H9FN4O2/c1-14-10(12)5-9(13-14)7-4-6(15(16)17)2-3-8(7)11/h2-5H,12H2,1H3. The highest BCUT2D eigenvalue weighted by Gasteiger charge is 2.15. The number of nitrogen functional groups attached to an aromatic ring is 1. The SMILES string of the molecule is Cn1nc(-c2cc([N+](=O)[O-])ccc2F)cc1N. The normalized spacial score (nSPS) is 10.5. The van der Waals surface area contributed by atoms with E-state index in [1.165, 1.54) is 10.7 Å². The maximum Gasteiger partial charge on any atom is 0.270 e. The van der Waals surface area contributed by atoms with Gasteiger partial charge < -0.3 is 5.73 Å². The van der Waals surface area contributed by atoms with E-state index >= 15 is 0 Å². The maximum absolute atomic E-state index is 13.5. The Morgan fingerprint density at radius 1 is 1.47 bits per heavy atom. The third-order valence-electron chi connectivity index (χ3n) is 2.35. The molecule has 6 nitrogen and oxygen atoms in total. The van der Waals surface area contributed by atoms with E-state index in [1.54, 1.807) is 7.05 Å². The van der Waals surface area contributed by atoms with Gasteiger partial charge in [-0.2, -0.15) is 5.10 Å². The Labute approximate surface area is 95.6 Å². The molecule has 2 N–H and O–H groups in total. The van der Waals surface area contributed by atoms with E-state index in [0.29, 0.717) is 5.82 Å². The highest BCUT2D eigenvalue weighted by atomic mass is 19.1. The summed E-state index contributed by atoms with van der Waals surface area (Å²) < 4.78 is 14.9. The molecule has 0 aliphatic carbocycles. The molecule has 0 unspecified atom stereocenters. The lowest BCUT2D eigenvalue weighted by Gasteiger charge is -1.99. The highest BCUT2D eigenvalue weighted by molar-refractivity contribution is 5.65. The van der Waals surface area contributed by atoms with E-state index in [1.807, 2.05) is 0 Å². The van der Waals surface area contributed by atoms with Gasteiger partial charge in [0.2, 0.25) is 0 Å². The highest BCUT2D eigenvalue weighted by Crippen LogP contribution is 2.26. The van der Waals surface area contributed by atoms with Crippen molar-refractivity contribution in [3.05, 3.63) is 40.2 Å². The molecule has 1 heterocycles. The van der Waals surface area contributed by atoms with Crippen LogP contribution in [0, 0.1) is 15.9 Å². The summed E-state index contributed by atoms with van der Waals surface area (Å²) in [4.78, 5) is 10.0. The van der Waals surface area contributed by atoms with Crippen molar-refractivity contribution < 1.29 is 9.31 Å². The van der Waals surface area contributed by atoms with E-state index in [-0.39, 0.29) is 16.9 Å². The van der Waals surface area contributed by atoms with Crippen molar-refractivity contribution in [3.8, 4) is 11.3 Å². The zero-order chi connectivity index (χ0) is 12.6. The summed E-state index contributed by atoms with van der Waals surface area (Å²) >= 11 is 0. The third kappa shape index (κ3) is 1.94. The van der Waals surface area contributed by atoms with Gasteiger partial charge >= 0.3 is 0 Å². The molecule has 0 saturated carbocycles. The molecule has 0 atom stereocenters. The zero-order valence-corrected chi connectivity index (χ0v) is 8.92. The fourth-order valence-electron chi connectivity index (χ4n) is 1.44. The number of aromatic nitrogens is 2. The first-order valence-electron chi connectivity index (χ1n) is 4.73. The van der Waals surface area contributed by atoms with Crippen molar-refractivity contribution in [1.82, 2.24) is 9.78 Å². The van der Waals surface area contributed by atoms with Crippen LogP contribution in [0.2, 0.25) is 0 Å². The molecular weight excluding hydrogens is 227 g/mol. The Bertz CT molecular complexity index is 574. The van der Waals surface area contributed by atoms with E-state index in [2.05, 4.69) is 5.10 Å². The predicted octanol–water partition coefficient (Wildman–Crippen LogP) is 1.72. The average molecular weight is 236 g/mol. The largest absolute Gasteiger partial charge is 0.384 e. The van der Waals surface area contributed by atoms with Crippen LogP contribution in [0.5, 0.6) is 0 Å². The van der Waals surface area contributed by atoms with Crippen molar-refractivity contribution in [2.75, 3.05) is 5.73 Å². The Morgan fingerprint density at radius 2 is 2.18 bits per heavy atom. The number of nitro benzene ring substituents is 1. The molecule has 88 valence electrons. The molecule has 0 aliphatic rings. The molecule has 17 heavy (non-hydrogen) atoms. The fourth-order valence-corrected chi connectivity index (χ4v) is 1.44. The van der Waals surface area contributed by atoms with Crippen LogP contribution in [-0.4, -0.2) is 14.7 Å². The fraction of sp³-hybridized carbons (Fsp3) is 0.100. The lowest BCUT2D eigenvalue weighted by Crippen LogP contribution is -1.97. The van der Waals surface area contributed by atoms with Gasteiger partial charge in [-0.15, -0.1) is 0 Å². The third-order valence-corrected chi connectivity index (χ3v) is 2.35. The van der Waals surface area contributed by atoms with E-state index in [4.69, 9.17) is 5.73 Å². The van der Waals surface area contributed by atoms with Gasteiger partial charge in [-0.25, -0.2) is 4.39 Å². The number of nitrogens with two attached hydrogens (primary N) is 1. The second-order valence-electron chi connectivity index (χ2n) is 3.50. The van der Waals surface area contributed by atoms with Gasteiger partial charge in [-0.1, -0.05) is 0 Å². The maximum atomic E-state index is 13.5. The van der Waals surface area contributed by atoms with Crippen molar-refractivity contribution >= 4 is 11.5 Å². The minimum atomic E-state index is -0.588. The summed E-state index contributed by atoms with van der Waals surface area (Å²) in [7, 11) is 1.61. The Hall–Kier alpha value is -2.44. The van der Waals surface area contributed by atoms with Crippen LogP contribution in [-0.2, 0) is 7.05 Å². The minimum Gasteiger partial charge on any atom is -0.384 e. The minimum absolute atomic E-state index is 0.0616. The smallest absolute Gasteiger partial charge is 0.270 e. The topological polar surface area (TPSA) is 87.0 Å². The molecule has 1 aromatic carbocycles. The molecule has 0 bridgehead atoms. The Balaban J connectivity index is 2.57. The molecule has 2 aromatic rings. The molecular formula is C10H9FN4O2. The second-order valence-corrected chi connectivity index (χ2v) is 3.50. The van der Waals surface area contributed by atoms with E-state index < -0.39 is 10.7 Å². The Kier molecular flexibility index (Phi) is 2.51. The monoisotopic (exact) mass is 236 g/mol. The zero-order valence-electron chi connectivity index (χ0n) is 8.92. The van der Waals surface area contributed by atoms with Crippen molar-refractivity contribution in [2.45, 2.75) is 0 Å². The first-order valence-corrected chi connectivity index (χ1v) is 4.73. The van der Waals surface area contributed by atoms with Gasteiger partial charge in [0, 0.05) is 30.8 Å². The van der Waals surface area contributed by atoms with Gasteiger partial charge in [0.15, 0.2) is 0 Å². The van der Waals surface area contributed by atoms with Gasteiger partial charge in [0.25, 0.3) is 5.69 Å². The molecule has 2 rings (SSSR count). The van der Waals surface area contributed by atoms with Crippen molar-refractivity contribution in [1.29, 1.82) is 0 Å². The molecule has 1 aromatic heterocycles. The summed E-state index contributed by atoms with van der Waals surface area (Å²) in [6, 6.07) is 4.74. The van der Waals surface area contributed by atoms with E-state index in [9.17, 15) is 14.5 Å². The van der Waals surface area contributed by atoms with Gasteiger partial charge in [0.05, 0.1) is 10.6 Å². The number of nitrogens with zero attached hydrogens (tertiary/aromatic N) is 3. The summed E-state index contributed by atoms with van der Waals surface area (Å²) in [5.74, 6) is -0.223. The molecule has 0 amide bonds. The molecule has 0 saturated heterocycles. The number of aryl methyl sites for hydroxylation is 1. The van der Waals surface area contributed by atoms with Gasteiger partial charge in [0.1, 0.15) is 11.6 Å². The van der Waals surface area contributed by atoms with Gasteiger partial charge in [-0.05, 0) is 6.07 Å². The summed E-state index contributed by atoms with van der Waals surface area (Å²) in [6.45, 7) is 0. The van der Waals surface area contributed by atoms with Crippen molar-refractivity contribution in [2.24, 2.45) is 7.05 Å². The van der Waals surface area contributed by atoms with E-state index in [0.717, 1.165) is 18.2 Å². The second kappa shape index (κ2) is 3.85. The van der Waals surface area contributed by atoms with Crippen LogP contribution in [0.15, 0.2) is 24.3 Å². The first kappa shape index (κ1) is 11.1.